The van der Waals surface area contributed by atoms with Crippen LogP contribution in [0.5, 0.6) is 0 Å². The largest absolute Gasteiger partial charge is 0.283 e. The Kier molecular flexibility index (Phi) is 6.08. The first-order valence-corrected chi connectivity index (χ1v) is 11.3. The molecule has 0 amide bonds. The van der Waals surface area contributed by atoms with Crippen LogP contribution in [0.1, 0.15) is 104 Å². The monoisotopic (exact) mass is 380 g/mol. The second-order valence-corrected chi connectivity index (χ2v) is 10.7. The first kappa shape index (κ1) is 21.1. The highest BCUT2D eigenvalue weighted by Gasteiger charge is 2.41. The first-order valence-electron chi connectivity index (χ1n) is 11.3. The second-order valence-electron chi connectivity index (χ2n) is 10.7. The van der Waals surface area contributed by atoms with Crippen molar-refractivity contribution >= 4 is 5.71 Å². The number of rotatable bonds is 2. The Bertz CT molecular complexity index is 746. The molecule has 0 aromatic heterocycles. The lowest BCUT2D eigenvalue weighted by Crippen LogP contribution is -2.37. The summed E-state index contributed by atoms with van der Waals surface area (Å²) in [5.74, 6) is 1.02. The van der Waals surface area contributed by atoms with E-state index < -0.39 is 0 Å². The molecule has 1 aliphatic carbocycles. The van der Waals surface area contributed by atoms with Crippen molar-refractivity contribution in [3.8, 4) is 0 Å². The third-order valence-electron chi connectivity index (χ3n) is 7.56. The Morgan fingerprint density at radius 1 is 1.07 bits per heavy atom. The van der Waals surface area contributed by atoms with Crippen molar-refractivity contribution in [2.45, 2.75) is 92.9 Å². The molecular weight excluding hydrogens is 340 g/mol. The van der Waals surface area contributed by atoms with E-state index in [0.717, 1.165) is 0 Å². The fraction of sp³-hybridized carbons (Fsp3) is 0.654. The minimum absolute atomic E-state index is 0.294. The number of hydrogen-bond donors (Lipinski definition) is 1. The molecule has 1 aliphatic heterocycles. The van der Waals surface area contributed by atoms with Gasteiger partial charge in [0.05, 0.1) is 5.71 Å². The quantitative estimate of drug-likeness (QED) is 0.567. The van der Waals surface area contributed by atoms with E-state index in [4.69, 9.17) is 5.10 Å². The van der Waals surface area contributed by atoms with Crippen LogP contribution in [0.25, 0.3) is 0 Å². The highest BCUT2D eigenvalue weighted by molar-refractivity contribution is 6.04. The number of hydrazone groups is 1. The predicted molar refractivity (Wildman–Crippen MR) is 122 cm³/mol. The van der Waals surface area contributed by atoms with Gasteiger partial charge in [0.2, 0.25) is 0 Å². The average Bonchev–Trinajstić information content (AvgIpc) is 2.71. The van der Waals surface area contributed by atoms with Crippen molar-refractivity contribution in [2.75, 3.05) is 0 Å². The van der Waals surface area contributed by atoms with E-state index in [-0.39, 0.29) is 0 Å². The van der Waals surface area contributed by atoms with Crippen molar-refractivity contribution < 1.29 is 0 Å². The topological polar surface area (TPSA) is 24.4 Å². The second kappa shape index (κ2) is 8.05. The Balaban J connectivity index is 1.97. The Morgan fingerprint density at radius 3 is 2.36 bits per heavy atom. The number of nitrogens with one attached hydrogen (secondary N) is 1. The van der Waals surface area contributed by atoms with E-state index in [1.165, 1.54) is 61.1 Å². The van der Waals surface area contributed by atoms with Crippen LogP contribution in [0.2, 0.25) is 0 Å². The molecule has 2 aliphatic rings. The molecule has 0 saturated heterocycles. The summed E-state index contributed by atoms with van der Waals surface area (Å²) in [6.45, 7) is 16.5. The van der Waals surface area contributed by atoms with Crippen molar-refractivity contribution in [2.24, 2.45) is 21.8 Å². The molecule has 0 spiro atoms. The maximum absolute atomic E-state index is 4.86. The van der Waals surface area contributed by atoms with Gasteiger partial charge >= 0.3 is 0 Å². The number of fused-ring (bicyclic) bond motifs is 1. The van der Waals surface area contributed by atoms with E-state index in [1.54, 1.807) is 5.57 Å². The summed E-state index contributed by atoms with van der Waals surface area (Å²) in [6.07, 6.45) is 7.68. The summed E-state index contributed by atoms with van der Waals surface area (Å²) in [5, 5.41) is 4.86. The van der Waals surface area contributed by atoms with Crippen LogP contribution in [-0.4, -0.2) is 5.71 Å². The normalized spacial score (nSPS) is 26.7. The van der Waals surface area contributed by atoms with Crippen LogP contribution in [-0.2, 0) is 0 Å². The Hall–Kier alpha value is -1.57. The molecule has 1 aromatic carbocycles. The van der Waals surface area contributed by atoms with Gasteiger partial charge in [-0.1, -0.05) is 85.1 Å². The van der Waals surface area contributed by atoms with Crippen molar-refractivity contribution in [3.63, 3.8) is 0 Å². The van der Waals surface area contributed by atoms with E-state index in [2.05, 4.69) is 78.2 Å². The summed E-state index contributed by atoms with van der Waals surface area (Å²) in [6, 6.07) is 9.12. The first-order chi connectivity index (χ1) is 13.1. The van der Waals surface area contributed by atoms with Crippen LogP contribution < -0.4 is 5.43 Å². The fourth-order valence-electron chi connectivity index (χ4n) is 4.78. The van der Waals surface area contributed by atoms with Gasteiger partial charge in [-0.2, -0.15) is 5.10 Å². The highest BCUT2D eigenvalue weighted by atomic mass is 15.3. The van der Waals surface area contributed by atoms with Crippen molar-refractivity contribution in [3.05, 3.63) is 46.7 Å². The summed E-state index contributed by atoms with van der Waals surface area (Å²) < 4.78 is 0. The number of nitrogens with zero attached hydrogens (tertiary/aromatic N) is 1. The minimum atomic E-state index is 0.294. The standard InChI is InChI=1S/C26H40N2/c1-18(2)20-12-14-21(15-13-20)24-22-11-9-8-10-16-26(7,25(4,5)6)17-23(22)19(3)27-28-24/h12-15,18,22,27H,8-11,16-17H2,1-7H3. The molecule has 2 atom stereocenters. The van der Waals surface area contributed by atoms with E-state index >= 15 is 0 Å². The van der Waals surface area contributed by atoms with Gasteiger partial charge in [0.1, 0.15) is 0 Å². The van der Waals surface area contributed by atoms with Crippen LogP contribution in [0, 0.1) is 16.7 Å². The summed E-state index contributed by atoms with van der Waals surface area (Å²) >= 11 is 0. The maximum Gasteiger partial charge on any atom is 0.0751 e. The van der Waals surface area contributed by atoms with Gasteiger partial charge in [0, 0.05) is 11.6 Å². The van der Waals surface area contributed by atoms with Gasteiger partial charge in [-0.15, -0.1) is 0 Å². The average molecular weight is 381 g/mol. The summed E-state index contributed by atoms with van der Waals surface area (Å²) in [4.78, 5) is 0. The van der Waals surface area contributed by atoms with Gasteiger partial charge in [-0.25, -0.2) is 0 Å². The predicted octanol–water partition coefficient (Wildman–Crippen LogP) is 7.41. The Labute approximate surface area is 172 Å². The smallest absolute Gasteiger partial charge is 0.0751 e. The van der Waals surface area contributed by atoms with Crippen molar-refractivity contribution in [1.82, 2.24) is 5.43 Å². The fourth-order valence-corrected chi connectivity index (χ4v) is 4.78. The molecule has 1 saturated carbocycles. The molecule has 1 heterocycles. The molecule has 28 heavy (non-hydrogen) atoms. The molecule has 2 heteroatoms. The molecule has 0 radical (unpaired) electrons. The zero-order valence-electron chi connectivity index (χ0n) is 19.2. The maximum atomic E-state index is 4.86. The van der Waals surface area contributed by atoms with Crippen LogP contribution in [0.15, 0.2) is 40.6 Å². The van der Waals surface area contributed by atoms with E-state index in [9.17, 15) is 0 Å². The van der Waals surface area contributed by atoms with Crippen LogP contribution in [0.4, 0.5) is 0 Å². The number of hydrogen-bond acceptors (Lipinski definition) is 2. The summed E-state index contributed by atoms with van der Waals surface area (Å²) in [7, 11) is 0. The van der Waals surface area contributed by atoms with Crippen molar-refractivity contribution in [1.29, 1.82) is 0 Å². The molecule has 1 N–H and O–H groups in total. The van der Waals surface area contributed by atoms with Crippen LogP contribution >= 0.6 is 0 Å². The lowest BCUT2D eigenvalue weighted by Gasteiger charge is -2.44. The van der Waals surface area contributed by atoms with Crippen LogP contribution in [0.3, 0.4) is 0 Å². The van der Waals surface area contributed by atoms with Gasteiger partial charge in [-0.05, 0) is 59.6 Å². The molecular formula is C26H40N2. The third kappa shape index (κ3) is 4.21. The van der Waals surface area contributed by atoms with E-state index in [0.29, 0.717) is 22.7 Å². The summed E-state index contributed by atoms with van der Waals surface area (Å²) in [5.41, 5.74) is 10.8. The van der Waals surface area contributed by atoms with E-state index in [1.807, 2.05) is 0 Å². The molecule has 1 fully saturated rings. The van der Waals surface area contributed by atoms with Gasteiger partial charge in [-0.3, -0.25) is 5.43 Å². The van der Waals surface area contributed by atoms with Gasteiger partial charge in [0.15, 0.2) is 0 Å². The van der Waals surface area contributed by atoms with Gasteiger partial charge in [0.25, 0.3) is 0 Å². The minimum Gasteiger partial charge on any atom is -0.283 e. The molecule has 2 unspecified atom stereocenters. The molecule has 2 nitrogen and oxygen atoms in total. The number of benzene rings is 1. The highest BCUT2D eigenvalue weighted by Crippen LogP contribution is 2.50. The SMILES string of the molecule is CC1=C2CC(C)(C(C)(C)C)CCCCCC2C(c2ccc(C(C)C)cc2)=NN1. The zero-order chi connectivity index (χ0) is 20.5. The zero-order valence-corrected chi connectivity index (χ0v) is 19.2. The lowest BCUT2D eigenvalue weighted by atomic mass is 9.61. The molecule has 1 aromatic rings. The third-order valence-corrected chi connectivity index (χ3v) is 7.56. The number of allylic oxidation sites excluding steroid dienone is 2. The molecule has 3 rings (SSSR count). The molecule has 154 valence electrons. The van der Waals surface area contributed by atoms with Gasteiger partial charge < -0.3 is 0 Å². The molecule has 0 bridgehead atoms. The Morgan fingerprint density at radius 2 is 1.75 bits per heavy atom. The lowest BCUT2D eigenvalue weighted by molar-refractivity contribution is 0.0917.